The van der Waals surface area contributed by atoms with E-state index in [4.69, 9.17) is 18.0 Å². The van der Waals surface area contributed by atoms with Crippen LogP contribution in [0.3, 0.4) is 0 Å². The van der Waals surface area contributed by atoms with E-state index in [1.807, 2.05) is 37.3 Å². The van der Waals surface area contributed by atoms with Gasteiger partial charge >= 0.3 is 0 Å². The third-order valence-electron chi connectivity index (χ3n) is 2.92. The predicted octanol–water partition coefficient (Wildman–Crippen LogP) is 1.67. The summed E-state index contributed by atoms with van der Waals surface area (Å²) in [5.74, 6) is -0.230. The average molecular weight is 288 g/mol. The average Bonchev–Trinajstić information content (AvgIpc) is 2.95. The van der Waals surface area contributed by atoms with Crippen molar-refractivity contribution in [2.75, 3.05) is 0 Å². The number of nitrogens with two attached hydrogens (primary N) is 1. The van der Waals surface area contributed by atoms with E-state index in [1.54, 1.807) is 10.9 Å². The number of amides is 1. The van der Waals surface area contributed by atoms with Crippen molar-refractivity contribution < 1.29 is 4.79 Å². The molecule has 1 aromatic carbocycles. The number of carbonyl (C=O) groups excluding carboxylic acids is 1. The van der Waals surface area contributed by atoms with E-state index in [0.29, 0.717) is 12.0 Å². The second-order valence-electron chi connectivity index (χ2n) is 4.35. The van der Waals surface area contributed by atoms with Gasteiger partial charge in [0.05, 0.1) is 28.5 Å². The molecule has 1 aromatic heterocycles. The normalized spacial score (nSPS) is 11.8. The summed E-state index contributed by atoms with van der Waals surface area (Å²) in [6.07, 6.45) is 3.86. The van der Waals surface area contributed by atoms with Crippen molar-refractivity contribution in [3.05, 3.63) is 48.3 Å². The lowest BCUT2D eigenvalue weighted by Crippen LogP contribution is -2.42. The first-order chi connectivity index (χ1) is 9.61. The molecule has 0 saturated carbocycles. The molecular weight excluding hydrogens is 272 g/mol. The van der Waals surface area contributed by atoms with E-state index < -0.39 is 0 Å². The molecule has 0 bridgehead atoms. The van der Waals surface area contributed by atoms with Gasteiger partial charge in [-0.2, -0.15) is 5.10 Å². The Kier molecular flexibility index (Phi) is 4.47. The summed E-state index contributed by atoms with van der Waals surface area (Å²) in [6.45, 7) is 1.91. The van der Waals surface area contributed by atoms with Crippen LogP contribution in [-0.2, 0) is 0 Å². The van der Waals surface area contributed by atoms with Crippen molar-refractivity contribution in [2.24, 2.45) is 5.73 Å². The maximum absolute atomic E-state index is 12.1. The molecule has 2 aromatic rings. The molecule has 6 heteroatoms. The number of carbonyl (C=O) groups is 1. The van der Waals surface area contributed by atoms with Gasteiger partial charge in [-0.3, -0.25) is 4.79 Å². The van der Waals surface area contributed by atoms with Gasteiger partial charge in [0.15, 0.2) is 0 Å². The van der Waals surface area contributed by atoms with Gasteiger partial charge in [0.25, 0.3) is 5.91 Å². The summed E-state index contributed by atoms with van der Waals surface area (Å²) in [7, 11) is 0. The molecule has 2 rings (SSSR count). The number of hydrogen-bond acceptors (Lipinski definition) is 3. The highest BCUT2D eigenvalue weighted by atomic mass is 32.1. The molecule has 1 unspecified atom stereocenters. The molecular formula is C14H16N4OS. The molecule has 0 fully saturated rings. The van der Waals surface area contributed by atoms with E-state index in [2.05, 4.69) is 10.4 Å². The summed E-state index contributed by atoms with van der Waals surface area (Å²) in [4.78, 5) is 12.4. The smallest absolute Gasteiger partial charge is 0.255 e. The van der Waals surface area contributed by atoms with Crippen LogP contribution in [0.4, 0.5) is 0 Å². The molecule has 1 atom stereocenters. The zero-order valence-electron chi connectivity index (χ0n) is 11.1. The van der Waals surface area contributed by atoms with Gasteiger partial charge in [-0.1, -0.05) is 37.3 Å². The molecule has 104 valence electrons. The third-order valence-corrected chi connectivity index (χ3v) is 3.21. The van der Waals surface area contributed by atoms with Crippen molar-refractivity contribution in [1.29, 1.82) is 0 Å². The molecule has 1 amide bonds. The molecule has 5 nitrogen and oxygen atoms in total. The number of thiocarbonyl (C=S) groups is 1. The lowest BCUT2D eigenvalue weighted by atomic mass is 10.2. The number of benzene rings is 1. The molecule has 3 N–H and O–H groups in total. The van der Waals surface area contributed by atoms with Gasteiger partial charge in [-0.05, 0) is 18.6 Å². The number of nitrogens with zero attached hydrogens (tertiary/aromatic N) is 2. The van der Waals surface area contributed by atoms with Crippen molar-refractivity contribution in [2.45, 2.75) is 19.4 Å². The number of hydrogen-bond donors (Lipinski definition) is 2. The van der Waals surface area contributed by atoms with Crippen LogP contribution in [0.5, 0.6) is 0 Å². The fourth-order valence-electron chi connectivity index (χ4n) is 1.78. The molecule has 1 heterocycles. The Morgan fingerprint density at radius 2 is 2.15 bits per heavy atom. The van der Waals surface area contributed by atoms with E-state index in [-0.39, 0.29) is 16.9 Å². The highest BCUT2D eigenvalue weighted by Crippen LogP contribution is 2.08. The van der Waals surface area contributed by atoms with Crippen LogP contribution in [0, 0.1) is 0 Å². The molecule has 0 aliphatic heterocycles. The minimum Gasteiger partial charge on any atom is -0.392 e. The zero-order chi connectivity index (χ0) is 14.5. The summed E-state index contributed by atoms with van der Waals surface area (Å²) < 4.78 is 1.65. The van der Waals surface area contributed by atoms with Crippen LogP contribution in [0.1, 0.15) is 23.7 Å². The topological polar surface area (TPSA) is 72.9 Å². The monoisotopic (exact) mass is 288 g/mol. The Morgan fingerprint density at radius 3 is 2.75 bits per heavy atom. The fraction of sp³-hybridized carbons (Fsp3) is 0.214. The molecule has 0 saturated heterocycles. The summed E-state index contributed by atoms with van der Waals surface area (Å²) in [5.41, 5.74) is 6.94. The van der Waals surface area contributed by atoms with E-state index in [1.165, 1.54) is 6.20 Å². The SMILES string of the molecule is CCC(NC(=O)c1cnn(-c2ccccc2)c1)C(N)=S. The van der Waals surface area contributed by atoms with Crippen LogP contribution >= 0.6 is 12.2 Å². The Labute approximate surface area is 122 Å². The molecule has 0 spiro atoms. The number of nitrogens with one attached hydrogen (secondary N) is 1. The van der Waals surface area contributed by atoms with Crippen molar-refractivity contribution in [3.8, 4) is 5.69 Å². The molecule has 0 aliphatic carbocycles. The van der Waals surface area contributed by atoms with Gasteiger partial charge in [-0.25, -0.2) is 4.68 Å². The summed E-state index contributed by atoms with van der Waals surface area (Å²) in [5, 5.41) is 6.97. The van der Waals surface area contributed by atoms with Gasteiger partial charge < -0.3 is 11.1 Å². The lowest BCUT2D eigenvalue weighted by molar-refractivity contribution is 0.0946. The highest BCUT2D eigenvalue weighted by Gasteiger charge is 2.15. The Bertz CT molecular complexity index is 609. The number of aromatic nitrogens is 2. The zero-order valence-corrected chi connectivity index (χ0v) is 11.9. The Balaban J connectivity index is 2.13. The van der Waals surface area contributed by atoms with Crippen LogP contribution in [0.15, 0.2) is 42.7 Å². The maximum Gasteiger partial charge on any atom is 0.255 e. The van der Waals surface area contributed by atoms with Gasteiger partial charge in [-0.15, -0.1) is 0 Å². The van der Waals surface area contributed by atoms with Crippen molar-refractivity contribution in [3.63, 3.8) is 0 Å². The first-order valence-electron chi connectivity index (χ1n) is 6.32. The van der Waals surface area contributed by atoms with Crippen molar-refractivity contribution in [1.82, 2.24) is 15.1 Å². The molecule has 0 aliphatic rings. The minimum absolute atomic E-state index is 0.230. The maximum atomic E-state index is 12.1. The van der Waals surface area contributed by atoms with Crippen molar-refractivity contribution >= 4 is 23.1 Å². The minimum atomic E-state index is -0.294. The summed E-state index contributed by atoms with van der Waals surface area (Å²) in [6, 6.07) is 9.29. The van der Waals surface area contributed by atoms with Gasteiger partial charge in [0.2, 0.25) is 0 Å². The third kappa shape index (κ3) is 3.21. The van der Waals surface area contributed by atoms with Crippen LogP contribution in [0.2, 0.25) is 0 Å². The number of rotatable bonds is 5. The fourth-order valence-corrected chi connectivity index (χ4v) is 2.00. The first-order valence-corrected chi connectivity index (χ1v) is 6.73. The van der Waals surface area contributed by atoms with E-state index >= 15 is 0 Å². The summed E-state index contributed by atoms with van der Waals surface area (Å²) >= 11 is 4.91. The second-order valence-corrected chi connectivity index (χ2v) is 4.82. The standard InChI is InChI=1S/C14H16N4OS/c1-2-12(13(15)20)17-14(19)10-8-16-18(9-10)11-6-4-3-5-7-11/h3-9,12H,2H2,1H3,(H2,15,20)(H,17,19). The van der Waals surface area contributed by atoms with Gasteiger partial charge in [0, 0.05) is 6.20 Å². The molecule has 20 heavy (non-hydrogen) atoms. The highest BCUT2D eigenvalue weighted by molar-refractivity contribution is 7.80. The van der Waals surface area contributed by atoms with E-state index in [0.717, 1.165) is 5.69 Å². The number of para-hydroxylation sites is 1. The first kappa shape index (κ1) is 14.2. The van der Waals surface area contributed by atoms with Crippen LogP contribution in [-0.4, -0.2) is 26.7 Å². The predicted molar refractivity (Wildman–Crippen MR) is 81.9 cm³/mol. The molecule has 0 radical (unpaired) electrons. The van der Waals surface area contributed by atoms with Crippen LogP contribution in [0.25, 0.3) is 5.69 Å². The van der Waals surface area contributed by atoms with E-state index in [9.17, 15) is 4.79 Å². The largest absolute Gasteiger partial charge is 0.392 e. The quantitative estimate of drug-likeness (QED) is 0.821. The van der Waals surface area contributed by atoms with Crippen LogP contribution < -0.4 is 11.1 Å². The second kappa shape index (κ2) is 6.29. The van der Waals surface area contributed by atoms with Gasteiger partial charge in [0.1, 0.15) is 0 Å². The lowest BCUT2D eigenvalue weighted by Gasteiger charge is -2.14. The Morgan fingerprint density at radius 1 is 1.45 bits per heavy atom. The Hall–Kier alpha value is -2.21.